The normalized spacial score (nSPS) is 19.5. The number of amides is 3. The lowest BCUT2D eigenvalue weighted by atomic mass is 9.88. The van der Waals surface area contributed by atoms with E-state index < -0.39 is 47.5 Å². The highest BCUT2D eigenvalue weighted by Gasteiger charge is 2.44. The maximum absolute atomic E-state index is 17.0. The Labute approximate surface area is 544 Å². The number of likely N-dealkylation sites (N-methyl/N-ethyl adjacent to an activating group) is 1. The fourth-order valence-corrected chi connectivity index (χ4v) is 13.8. The first-order valence-electron chi connectivity index (χ1n) is 32.2. The fourth-order valence-electron chi connectivity index (χ4n) is 13.0. The number of nitrogens with zero attached hydrogens (tertiary/aromatic N) is 11. The second kappa shape index (κ2) is 27.1. The van der Waals surface area contributed by atoms with Gasteiger partial charge in [0.2, 0.25) is 11.8 Å². The van der Waals surface area contributed by atoms with Crippen LogP contribution in [0.25, 0.3) is 54.6 Å². The molecule has 1 unspecified atom stereocenters. The topological polar surface area (TPSA) is 247 Å². The van der Waals surface area contributed by atoms with Gasteiger partial charge in [-0.25, -0.2) is 23.5 Å². The van der Waals surface area contributed by atoms with Gasteiger partial charge in [0.05, 0.1) is 58.8 Å². The summed E-state index contributed by atoms with van der Waals surface area (Å²) in [6.07, 6.45) is 6.66. The maximum Gasteiger partial charge on any atom is 0.410 e. The number of likely N-dealkylation sites (tertiary alicyclic amines) is 2. The van der Waals surface area contributed by atoms with Crippen LogP contribution in [0.5, 0.6) is 11.8 Å². The molecule has 0 spiro atoms. The highest BCUT2D eigenvalue weighted by Crippen LogP contribution is 2.54. The van der Waals surface area contributed by atoms with E-state index >= 15 is 4.39 Å². The first-order valence-corrected chi connectivity index (χ1v) is 33.1. The summed E-state index contributed by atoms with van der Waals surface area (Å²) in [5.74, 6) is -0.492. The molecule has 4 aromatic carbocycles. The molecule has 3 N–H and O–H groups in total. The molecule has 1 aliphatic carbocycles. The van der Waals surface area contributed by atoms with Crippen molar-refractivity contribution in [2.75, 3.05) is 58.5 Å². The monoisotopic (exact) mass is 1290 g/mol. The molecule has 93 heavy (non-hydrogen) atoms. The van der Waals surface area contributed by atoms with Crippen LogP contribution in [-0.4, -0.2) is 161 Å². The molecule has 24 heteroatoms. The highest BCUT2D eigenvalue weighted by atomic mass is 32.1. The van der Waals surface area contributed by atoms with E-state index in [2.05, 4.69) is 31.6 Å². The number of thiazole rings is 1. The Hall–Kier alpha value is -8.16. The SMILES string of the molecule is CO[C@@H](C)COc1nc(N(C)[C@H]2CCN(C(=O)OC(C)(C)C)C2)c2cc(C3CC3)c(-c3c(C)c(F)cc4c3cnn4C3CCCCO3)c(OCc3ccc(-c4cn([C@H](C(=O)N5C[C@H](O)C[C@H]5C(=O)N[C@@H](CO)c5ccc(-c6scnc6C)cc5)C(C)C)nn4)cc3)c2n1. The number of aromatic nitrogens is 8. The van der Waals surface area contributed by atoms with Gasteiger partial charge in [-0.1, -0.05) is 67.6 Å². The molecule has 7 heterocycles. The van der Waals surface area contributed by atoms with Gasteiger partial charge in [0, 0.05) is 86.4 Å². The Balaban J connectivity index is 0.861. The third kappa shape index (κ3) is 13.6. The Morgan fingerprint density at radius 1 is 0.935 bits per heavy atom. The smallest absolute Gasteiger partial charge is 0.410 e. The summed E-state index contributed by atoms with van der Waals surface area (Å²) in [5.41, 5.74) is 9.49. The van der Waals surface area contributed by atoms with Crippen molar-refractivity contribution in [1.29, 1.82) is 0 Å². The summed E-state index contributed by atoms with van der Waals surface area (Å²) < 4.78 is 51.5. The van der Waals surface area contributed by atoms with Crippen molar-refractivity contribution >= 4 is 56.9 Å². The molecule has 3 amide bonds. The van der Waals surface area contributed by atoms with Crippen molar-refractivity contribution in [2.45, 2.75) is 161 Å². The van der Waals surface area contributed by atoms with Gasteiger partial charge in [0.25, 0.3) is 0 Å². The molecule has 8 aromatic rings. The van der Waals surface area contributed by atoms with E-state index in [4.69, 9.17) is 38.8 Å². The third-order valence-corrected chi connectivity index (χ3v) is 19.3. The highest BCUT2D eigenvalue weighted by molar-refractivity contribution is 7.13. The number of methoxy groups -OCH3 is 1. The van der Waals surface area contributed by atoms with Crippen LogP contribution < -0.4 is 19.7 Å². The van der Waals surface area contributed by atoms with Gasteiger partial charge in [-0.3, -0.25) is 9.59 Å². The van der Waals surface area contributed by atoms with E-state index in [1.165, 1.54) is 20.9 Å². The lowest BCUT2D eigenvalue weighted by molar-refractivity contribution is -0.142. The number of hydrogen-bond acceptors (Lipinski definition) is 18. The van der Waals surface area contributed by atoms with Crippen molar-refractivity contribution in [3.05, 3.63) is 112 Å². The van der Waals surface area contributed by atoms with E-state index in [0.717, 1.165) is 64.8 Å². The number of rotatable bonds is 21. The van der Waals surface area contributed by atoms with E-state index in [1.54, 1.807) is 47.6 Å². The van der Waals surface area contributed by atoms with E-state index in [9.17, 15) is 24.6 Å². The zero-order valence-corrected chi connectivity index (χ0v) is 55.3. The molecule has 12 rings (SSSR count). The molecule has 22 nitrogen and oxygen atoms in total. The number of benzene rings is 4. The molecule has 7 atom stereocenters. The molecule has 0 radical (unpaired) electrons. The van der Waals surface area contributed by atoms with Gasteiger partial charge in [-0.15, -0.1) is 16.4 Å². The zero-order chi connectivity index (χ0) is 65.6. The predicted octanol–water partition coefficient (Wildman–Crippen LogP) is 10.8. The summed E-state index contributed by atoms with van der Waals surface area (Å²) in [6.45, 7) is 16.2. The number of β-amino-alcohol motifs (C(OH)–C–C–N with tert-alkyl or cyclic N) is 1. The number of aliphatic hydroxyl groups is 2. The van der Waals surface area contributed by atoms with Crippen molar-refractivity contribution in [2.24, 2.45) is 5.92 Å². The minimum atomic E-state index is -1.00. The summed E-state index contributed by atoms with van der Waals surface area (Å²) in [6, 6.07) is 16.2. The van der Waals surface area contributed by atoms with Gasteiger partial charge in [-0.05, 0) is 126 Å². The quantitative estimate of drug-likeness (QED) is 0.0605. The van der Waals surface area contributed by atoms with Crippen LogP contribution >= 0.6 is 11.3 Å². The van der Waals surface area contributed by atoms with Gasteiger partial charge in [-0.2, -0.15) is 15.1 Å². The Kier molecular flexibility index (Phi) is 18.9. The van der Waals surface area contributed by atoms with Gasteiger partial charge in [0.1, 0.15) is 53.7 Å². The summed E-state index contributed by atoms with van der Waals surface area (Å²) in [5, 5.41) is 39.8. The largest absolute Gasteiger partial charge is 0.486 e. The van der Waals surface area contributed by atoms with Gasteiger partial charge < -0.3 is 53.9 Å². The number of aliphatic hydroxyl groups excluding tert-OH is 2. The second-order valence-corrected chi connectivity index (χ2v) is 27.4. The van der Waals surface area contributed by atoms with Crippen molar-refractivity contribution in [1.82, 2.24) is 54.8 Å². The van der Waals surface area contributed by atoms with Crippen molar-refractivity contribution in [3.63, 3.8) is 0 Å². The molecular weight excluding hydrogens is 1210 g/mol. The van der Waals surface area contributed by atoms with Gasteiger partial charge >= 0.3 is 12.1 Å². The summed E-state index contributed by atoms with van der Waals surface area (Å²) in [4.78, 5) is 63.2. The Bertz CT molecular complexity index is 4030. The molecule has 3 aliphatic heterocycles. The zero-order valence-electron chi connectivity index (χ0n) is 54.5. The first-order chi connectivity index (χ1) is 44.7. The number of hydrogen-bond donors (Lipinski definition) is 3. The van der Waals surface area contributed by atoms with Crippen molar-refractivity contribution < 1.29 is 52.7 Å². The van der Waals surface area contributed by atoms with Crippen LogP contribution in [0.4, 0.5) is 15.0 Å². The van der Waals surface area contributed by atoms with Crippen LogP contribution in [-0.2, 0) is 30.4 Å². The first kappa shape index (κ1) is 64.9. The molecular formula is C69H83FN12O10S. The van der Waals surface area contributed by atoms with Crippen LogP contribution in [0.1, 0.15) is 139 Å². The summed E-state index contributed by atoms with van der Waals surface area (Å²) >= 11 is 1.53. The number of halogens is 1. The van der Waals surface area contributed by atoms with Gasteiger partial charge in [0.15, 0.2) is 12.0 Å². The molecule has 4 aliphatic rings. The number of carbonyl (C=O) groups excluding carboxylic acids is 3. The number of fused-ring (bicyclic) bond motifs is 2. The minimum Gasteiger partial charge on any atom is -0.486 e. The number of anilines is 1. The Morgan fingerprint density at radius 2 is 1.70 bits per heavy atom. The average molecular weight is 1290 g/mol. The second-order valence-electron chi connectivity index (χ2n) is 26.5. The molecule has 4 fully saturated rings. The lowest BCUT2D eigenvalue weighted by Gasteiger charge is -2.30. The average Bonchev–Trinajstić information content (AvgIpc) is 1.71. The van der Waals surface area contributed by atoms with Crippen LogP contribution in [0.3, 0.4) is 0 Å². The molecule has 4 aromatic heterocycles. The summed E-state index contributed by atoms with van der Waals surface area (Å²) in [7, 11) is 3.58. The third-order valence-electron chi connectivity index (χ3n) is 18.3. The number of carbonyl (C=O) groups is 3. The van der Waals surface area contributed by atoms with Crippen LogP contribution in [0.2, 0.25) is 0 Å². The lowest BCUT2D eigenvalue weighted by Crippen LogP contribution is -2.50. The molecule has 1 saturated carbocycles. The van der Waals surface area contributed by atoms with Crippen LogP contribution in [0, 0.1) is 25.6 Å². The molecule has 3 saturated heterocycles. The van der Waals surface area contributed by atoms with Crippen molar-refractivity contribution in [3.8, 4) is 44.6 Å². The number of nitrogens with one attached hydrogen (secondary N) is 1. The molecule has 492 valence electrons. The number of ether oxygens (including phenoxy) is 5. The van der Waals surface area contributed by atoms with E-state index in [-0.39, 0.29) is 75.1 Å². The predicted molar refractivity (Wildman–Crippen MR) is 350 cm³/mol. The van der Waals surface area contributed by atoms with E-state index in [0.29, 0.717) is 87.6 Å². The van der Waals surface area contributed by atoms with E-state index in [1.807, 2.05) is 104 Å². The fraction of sp³-hybridized carbons (Fsp3) is 0.493. The Morgan fingerprint density at radius 3 is 2.38 bits per heavy atom. The maximum atomic E-state index is 17.0. The standard InChI is InChI=1S/C69H83FN12O10S/c1-38(2)61(66(86)80-32-48(84)27-56(80)65(85)73-54(34-83)45-20-22-46(23-21-45)63-41(5)71-37-93-63)81-33-53(76-77-81)44-16-14-42(15-17-44)36-90-62-59(58-40(4)52(70)29-55-51(58)30-72-82(55)57-13-11-12-26-89-57)49(43-18-19-43)28-50-60(62)74-67(91-35-39(3)88-10)75-64(50)78(9)47-24-25-79(31-47)68(87)92-69(6,7)8/h14-17,20-23,28-30,33,37-39,43,47-48,54,56-57,61,83-84H,11-13,18-19,24-27,31-32,34-36H2,1-10H3,(H,73,85)/t39-,47-,48+,54-,56-,57?,61-/m0/s1. The number of aryl methyl sites for hydroxylation is 1. The minimum absolute atomic E-state index is 0.0242. The molecule has 0 bridgehead atoms. The van der Waals surface area contributed by atoms with Crippen LogP contribution in [0.15, 0.2) is 78.6 Å².